The lowest BCUT2D eigenvalue weighted by Crippen LogP contribution is -2.38. The van der Waals surface area contributed by atoms with E-state index < -0.39 is 15.9 Å². The molecule has 0 aliphatic carbocycles. The number of hydrogen-bond donors (Lipinski definition) is 2. The molecule has 0 heterocycles. The number of amides is 2. The summed E-state index contributed by atoms with van der Waals surface area (Å²) in [6.45, 7) is 0.890. The number of nitrogens with zero attached hydrogens (tertiary/aromatic N) is 1. The van der Waals surface area contributed by atoms with E-state index in [0.717, 1.165) is 4.47 Å². The Labute approximate surface area is 184 Å². The molecule has 0 aromatic heterocycles. The SMILES string of the molecule is COCCCNC(=O)CN(C)C(=O)c1cccc(NS(=O)(=O)c2ccc(Br)cc2)c1. The van der Waals surface area contributed by atoms with Gasteiger partial charge >= 0.3 is 0 Å². The van der Waals surface area contributed by atoms with Crippen LogP contribution in [0.15, 0.2) is 57.9 Å². The molecule has 0 aliphatic heterocycles. The lowest BCUT2D eigenvalue weighted by Gasteiger charge is -2.17. The van der Waals surface area contributed by atoms with Crippen molar-refractivity contribution in [2.45, 2.75) is 11.3 Å². The first-order valence-corrected chi connectivity index (χ1v) is 11.4. The molecule has 2 amide bonds. The maximum Gasteiger partial charge on any atom is 0.261 e. The third kappa shape index (κ3) is 7.12. The molecule has 10 heteroatoms. The van der Waals surface area contributed by atoms with Crippen LogP contribution in [0.5, 0.6) is 0 Å². The van der Waals surface area contributed by atoms with Gasteiger partial charge in [-0.05, 0) is 48.9 Å². The molecule has 30 heavy (non-hydrogen) atoms. The van der Waals surface area contributed by atoms with E-state index in [-0.39, 0.29) is 28.6 Å². The third-order valence-corrected chi connectivity index (χ3v) is 5.99. The molecular formula is C20H24BrN3O5S. The molecule has 0 atom stereocenters. The minimum atomic E-state index is -3.80. The van der Waals surface area contributed by atoms with E-state index in [9.17, 15) is 18.0 Å². The molecule has 0 fully saturated rings. The summed E-state index contributed by atoms with van der Waals surface area (Å²) in [5.74, 6) is -0.680. The van der Waals surface area contributed by atoms with Crippen LogP contribution in [0, 0.1) is 0 Å². The van der Waals surface area contributed by atoms with Gasteiger partial charge in [0.15, 0.2) is 0 Å². The van der Waals surface area contributed by atoms with Gasteiger partial charge < -0.3 is 15.0 Å². The Hall–Kier alpha value is -2.43. The fourth-order valence-electron chi connectivity index (χ4n) is 2.55. The maximum atomic E-state index is 12.6. The van der Waals surface area contributed by atoms with E-state index in [4.69, 9.17) is 4.74 Å². The van der Waals surface area contributed by atoms with Gasteiger partial charge in [0, 0.05) is 43.0 Å². The van der Waals surface area contributed by atoms with Gasteiger partial charge in [0.05, 0.1) is 11.4 Å². The minimum Gasteiger partial charge on any atom is -0.385 e. The second-order valence-electron chi connectivity index (χ2n) is 6.50. The van der Waals surface area contributed by atoms with Gasteiger partial charge in [0.1, 0.15) is 0 Å². The van der Waals surface area contributed by atoms with E-state index in [0.29, 0.717) is 19.6 Å². The summed E-state index contributed by atoms with van der Waals surface area (Å²) in [6, 6.07) is 12.3. The van der Waals surface area contributed by atoms with E-state index in [1.165, 1.54) is 30.1 Å². The van der Waals surface area contributed by atoms with Crippen molar-refractivity contribution in [2.75, 3.05) is 38.6 Å². The van der Waals surface area contributed by atoms with E-state index >= 15 is 0 Å². The predicted molar refractivity (Wildman–Crippen MR) is 118 cm³/mol. The summed E-state index contributed by atoms with van der Waals surface area (Å²) in [4.78, 5) is 25.9. The Bertz CT molecular complexity index is 980. The molecule has 0 saturated carbocycles. The molecule has 162 valence electrons. The highest BCUT2D eigenvalue weighted by atomic mass is 79.9. The Balaban J connectivity index is 2.02. The van der Waals surface area contributed by atoms with Crippen molar-refractivity contribution in [3.63, 3.8) is 0 Å². The number of rotatable bonds is 10. The zero-order chi connectivity index (χ0) is 22.1. The number of carbonyl (C=O) groups is 2. The highest BCUT2D eigenvalue weighted by Gasteiger charge is 2.18. The first kappa shape index (κ1) is 23.8. The molecule has 2 rings (SSSR count). The number of anilines is 1. The quantitative estimate of drug-likeness (QED) is 0.490. The summed E-state index contributed by atoms with van der Waals surface area (Å²) in [5, 5.41) is 2.71. The van der Waals surface area contributed by atoms with Crippen molar-refractivity contribution in [1.29, 1.82) is 0 Å². The number of sulfonamides is 1. The molecule has 8 nitrogen and oxygen atoms in total. The fraction of sp³-hybridized carbons (Fsp3) is 0.300. The molecule has 0 saturated heterocycles. The number of likely N-dealkylation sites (N-methyl/N-ethyl adjacent to an activating group) is 1. The van der Waals surface area contributed by atoms with Crippen LogP contribution in [-0.2, 0) is 19.6 Å². The highest BCUT2D eigenvalue weighted by molar-refractivity contribution is 9.10. The van der Waals surface area contributed by atoms with Crippen LogP contribution in [0.1, 0.15) is 16.8 Å². The number of benzene rings is 2. The summed E-state index contributed by atoms with van der Waals surface area (Å²) >= 11 is 3.26. The first-order chi connectivity index (χ1) is 14.2. The van der Waals surface area contributed by atoms with Crippen molar-refractivity contribution < 1.29 is 22.7 Å². The smallest absolute Gasteiger partial charge is 0.261 e. The maximum absolute atomic E-state index is 12.6. The molecule has 0 spiro atoms. The molecule has 2 aromatic rings. The number of carbonyl (C=O) groups excluding carboxylic acids is 2. The number of methoxy groups -OCH3 is 1. The van der Waals surface area contributed by atoms with Gasteiger partial charge in [-0.3, -0.25) is 14.3 Å². The predicted octanol–water partition coefficient (Wildman–Crippen LogP) is 2.47. The normalized spacial score (nSPS) is 11.0. The Morgan fingerprint density at radius 3 is 2.50 bits per heavy atom. The van der Waals surface area contributed by atoms with E-state index in [1.807, 2.05) is 0 Å². The van der Waals surface area contributed by atoms with Crippen LogP contribution in [0.3, 0.4) is 0 Å². The summed E-state index contributed by atoms with van der Waals surface area (Å²) in [5.41, 5.74) is 0.516. The molecule has 0 aliphatic rings. The van der Waals surface area contributed by atoms with Gasteiger partial charge in [-0.25, -0.2) is 8.42 Å². The van der Waals surface area contributed by atoms with Gasteiger partial charge in [0.25, 0.3) is 15.9 Å². The number of halogens is 1. The Kier molecular flexibility index (Phi) is 8.82. The summed E-state index contributed by atoms with van der Waals surface area (Å²) in [7, 11) is -0.703. The van der Waals surface area contributed by atoms with Crippen molar-refractivity contribution in [2.24, 2.45) is 0 Å². The second-order valence-corrected chi connectivity index (χ2v) is 9.10. The topological polar surface area (TPSA) is 105 Å². The third-order valence-electron chi connectivity index (χ3n) is 4.06. The van der Waals surface area contributed by atoms with Crippen LogP contribution in [-0.4, -0.2) is 59.0 Å². The fourth-order valence-corrected chi connectivity index (χ4v) is 3.87. The molecule has 2 N–H and O–H groups in total. The van der Waals surface area contributed by atoms with E-state index in [1.54, 1.807) is 37.4 Å². The van der Waals surface area contributed by atoms with Crippen LogP contribution < -0.4 is 10.0 Å². The van der Waals surface area contributed by atoms with Crippen molar-refractivity contribution in [3.8, 4) is 0 Å². The molecule has 2 aromatic carbocycles. The Morgan fingerprint density at radius 1 is 1.13 bits per heavy atom. The van der Waals surface area contributed by atoms with Crippen LogP contribution in [0.2, 0.25) is 0 Å². The first-order valence-electron chi connectivity index (χ1n) is 9.12. The molecule has 0 bridgehead atoms. The van der Waals surface area contributed by atoms with Crippen LogP contribution >= 0.6 is 15.9 Å². The van der Waals surface area contributed by atoms with Gasteiger partial charge in [0.2, 0.25) is 5.91 Å². The van der Waals surface area contributed by atoms with Gasteiger partial charge in [-0.2, -0.15) is 0 Å². The van der Waals surface area contributed by atoms with Crippen molar-refractivity contribution >= 4 is 43.5 Å². The number of nitrogens with one attached hydrogen (secondary N) is 2. The number of ether oxygens (including phenoxy) is 1. The van der Waals surface area contributed by atoms with Gasteiger partial charge in [-0.15, -0.1) is 0 Å². The van der Waals surface area contributed by atoms with Crippen LogP contribution in [0.4, 0.5) is 5.69 Å². The lowest BCUT2D eigenvalue weighted by atomic mass is 10.2. The average Bonchev–Trinajstić information content (AvgIpc) is 2.71. The molecule has 0 unspecified atom stereocenters. The summed E-state index contributed by atoms with van der Waals surface area (Å²) < 4.78 is 33.2. The summed E-state index contributed by atoms with van der Waals surface area (Å²) in [6.07, 6.45) is 0.681. The second kappa shape index (κ2) is 11.1. The van der Waals surface area contributed by atoms with E-state index in [2.05, 4.69) is 26.0 Å². The Morgan fingerprint density at radius 2 is 1.83 bits per heavy atom. The van der Waals surface area contributed by atoms with Crippen molar-refractivity contribution in [3.05, 3.63) is 58.6 Å². The van der Waals surface area contributed by atoms with Crippen LogP contribution in [0.25, 0.3) is 0 Å². The zero-order valence-electron chi connectivity index (χ0n) is 16.7. The lowest BCUT2D eigenvalue weighted by molar-refractivity contribution is -0.121. The minimum absolute atomic E-state index is 0.102. The van der Waals surface area contributed by atoms with Crippen molar-refractivity contribution in [1.82, 2.24) is 10.2 Å². The standard InChI is InChI=1S/C20H24BrN3O5S/c1-24(14-19(25)22-11-4-12-29-2)20(26)15-5-3-6-17(13-15)23-30(27,28)18-9-7-16(21)8-10-18/h3,5-10,13,23H,4,11-12,14H2,1-2H3,(H,22,25). The average molecular weight is 498 g/mol. The largest absolute Gasteiger partial charge is 0.385 e. The highest BCUT2D eigenvalue weighted by Crippen LogP contribution is 2.19. The van der Waals surface area contributed by atoms with Gasteiger partial charge in [-0.1, -0.05) is 22.0 Å². The molecule has 0 radical (unpaired) electrons. The zero-order valence-corrected chi connectivity index (χ0v) is 19.1. The number of hydrogen-bond acceptors (Lipinski definition) is 5. The monoisotopic (exact) mass is 497 g/mol. The molecular weight excluding hydrogens is 474 g/mol.